The van der Waals surface area contributed by atoms with Gasteiger partial charge >= 0.3 is 0 Å². The van der Waals surface area contributed by atoms with Crippen LogP contribution in [0.3, 0.4) is 0 Å². The maximum absolute atomic E-state index is 13.3. The number of hydrogen-bond acceptors (Lipinski definition) is 4. The molecule has 1 aliphatic heterocycles. The minimum atomic E-state index is -3.92. The Hall–Kier alpha value is -3.04. The number of nitrogens with one attached hydrogen (secondary N) is 1. The van der Waals surface area contributed by atoms with Crippen molar-refractivity contribution in [1.29, 1.82) is 0 Å². The summed E-state index contributed by atoms with van der Waals surface area (Å²) in [5, 5.41) is 7.69. The highest BCUT2D eigenvalue weighted by Gasteiger charge is 2.40. The topological polar surface area (TPSA) is 84.3 Å². The molecule has 0 saturated carbocycles. The standard InChI is InChI=1S/C23H23FN4O3S/c24-16-11-13-18(14-12-16)32(30,31)27-15-5-10-21(27)23(29)25-22-19-8-4-9-20(19)26-28(22)17-6-2-1-3-7-17/h1-3,6-7,11-14,21H,4-5,8-10,15H2,(H,25,29). The van der Waals surface area contributed by atoms with E-state index in [0.717, 1.165) is 48.3 Å². The molecule has 1 unspecified atom stereocenters. The minimum Gasteiger partial charge on any atom is -0.309 e. The number of nitrogens with zero attached hydrogens (tertiary/aromatic N) is 3. The predicted molar refractivity (Wildman–Crippen MR) is 118 cm³/mol. The Morgan fingerprint density at radius 1 is 1.03 bits per heavy atom. The molecule has 0 radical (unpaired) electrons. The first kappa shape index (κ1) is 20.8. The molecule has 2 aliphatic rings. The second-order valence-electron chi connectivity index (χ2n) is 8.09. The molecule has 7 nitrogen and oxygen atoms in total. The van der Waals surface area contributed by atoms with E-state index in [2.05, 4.69) is 5.32 Å². The van der Waals surface area contributed by atoms with Crippen molar-refractivity contribution in [3.05, 3.63) is 71.7 Å². The van der Waals surface area contributed by atoms with Crippen LogP contribution in [-0.2, 0) is 27.7 Å². The highest BCUT2D eigenvalue weighted by Crippen LogP contribution is 2.32. The number of anilines is 1. The van der Waals surface area contributed by atoms with E-state index in [4.69, 9.17) is 5.10 Å². The lowest BCUT2D eigenvalue weighted by Crippen LogP contribution is -2.43. The second kappa shape index (κ2) is 8.14. The van der Waals surface area contributed by atoms with Gasteiger partial charge in [0, 0.05) is 12.1 Å². The fraction of sp³-hybridized carbons (Fsp3) is 0.304. The quantitative estimate of drug-likeness (QED) is 0.641. The third-order valence-electron chi connectivity index (χ3n) is 6.08. The molecule has 1 fully saturated rings. The highest BCUT2D eigenvalue weighted by atomic mass is 32.2. The van der Waals surface area contributed by atoms with Crippen molar-refractivity contribution in [3.63, 3.8) is 0 Å². The van der Waals surface area contributed by atoms with E-state index in [9.17, 15) is 17.6 Å². The number of carbonyl (C=O) groups is 1. The molecule has 3 aromatic rings. The Bertz CT molecular complexity index is 1260. The number of hydrogen-bond donors (Lipinski definition) is 1. The number of para-hydroxylation sites is 1. The smallest absolute Gasteiger partial charge is 0.244 e. The molecule has 166 valence electrons. The van der Waals surface area contributed by atoms with Crippen molar-refractivity contribution < 1.29 is 17.6 Å². The van der Waals surface area contributed by atoms with Gasteiger partial charge in [-0.05, 0) is 68.5 Å². The van der Waals surface area contributed by atoms with Crippen LogP contribution in [0.15, 0.2) is 59.5 Å². The number of aryl methyl sites for hydroxylation is 1. The maximum Gasteiger partial charge on any atom is 0.244 e. The molecule has 5 rings (SSSR count). The number of rotatable bonds is 5. The summed E-state index contributed by atoms with van der Waals surface area (Å²) in [5.74, 6) is -0.276. The third kappa shape index (κ3) is 3.61. The van der Waals surface area contributed by atoms with Crippen LogP contribution in [0.25, 0.3) is 5.69 Å². The molecule has 1 aromatic heterocycles. The van der Waals surface area contributed by atoms with E-state index in [1.807, 2.05) is 30.3 Å². The van der Waals surface area contributed by atoms with Gasteiger partial charge in [-0.2, -0.15) is 9.40 Å². The van der Waals surface area contributed by atoms with Crippen molar-refractivity contribution in [2.24, 2.45) is 0 Å². The van der Waals surface area contributed by atoms with Crippen molar-refractivity contribution in [3.8, 4) is 5.69 Å². The van der Waals surface area contributed by atoms with E-state index in [0.29, 0.717) is 18.7 Å². The van der Waals surface area contributed by atoms with Crippen LogP contribution in [0.1, 0.15) is 30.5 Å². The lowest BCUT2D eigenvalue weighted by Gasteiger charge is -2.24. The molecule has 1 atom stereocenters. The average Bonchev–Trinajstić information content (AvgIpc) is 3.52. The molecular weight excluding hydrogens is 431 g/mol. The van der Waals surface area contributed by atoms with Crippen LogP contribution in [-0.4, -0.2) is 41.0 Å². The summed E-state index contributed by atoms with van der Waals surface area (Å²) in [7, 11) is -3.92. The second-order valence-corrected chi connectivity index (χ2v) is 9.98. The number of benzene rings is 2. The summed E-state index contributed by atoms with van der Waals surface area (Å²) >= 11 is 0. The van der Waals surface area contributed by atoms with Crippen LogP contribution < -0.4 is 5.32 Å². The molecule has 1 amide bonds. The van der Waals surface area contributed by atoms with Crippen molar-refractivity contribution >= 4 is 21.7 Å². The molecule has 32 heavy (non-hydrogen) atoms. The highest BCUT2D eigenvalue weighted by molar-refractivity contribution is 7.89. The van der Waals surface area contributed by atoms with Gasteiger partial charge in [-0.3, -0.25) is 4.79 Å². The molecule has 1 aliphatic carbocycles. The summed E-state index contributed by atoms with van der Waals surface area (Å²) in [6.07, 6.45) is 3.65. The monoisotopic (exact) mass is 454 g/mol. The van der Waals surface area contributed by atoms with E-state index in [1.165, 1.54) is 16.4 Å². The van der Waals surface area contributed by atoms with Gasteiger partial charge in [0.1, 0.15) is 17.7 Å². The summed E-state index contributed by atoms with van der Waals surface area (Å²) < 4.78 is 42.5. The Kier molecular flexibility index (Phi) is 5.30. The average molecular weight is 455 g/mol. The van der Waals surface area contributed by atoms with Crippen molar-refractivity contribution in [2.45, 2.75) is 43.0 Å². The normalized spacial score (nSPS) is 18.6. The molecule has 2 aromatic carbocycles. The number of carbonyl (C=O) groups excluding carboxylic acids is 1. The molecular formula is C23H23FN4O3S. The molecule has 0 bridgehead atoms. The Balaban J connectivity index is 1.45. The Morgan fingerprint density at radius 2 is 1.78 bits per heavy atom. The largest absolute Gasteiger partial charge is 0.309 e. The van der Waals surface area contributed by atoms with Crippen LogP contribution in [0.4, 0.5) is 10.2 Å². The number of sulfonamides is 1. The van der Waals surface area contributed by atoms with Gasteiger partial charge in [0.05, 0.1) is 16.3 Å². The zero-order valence-electron chi connectivity index (χ0n) is 17.4. The first-order valence-electron chi connectivity index (χ1n) is 10.7. The number of fused-ring (bicyclic) bond motifs is 1. The van der Waals surface area contributed by atoms with Gasteiger partial charge in [-0.25, -0.2) is 17.5 Å². The van der Waals surface area contributed by atoms with Crippen LogP contribution >= 0.6 is 0 Å². The first-order valence-corrected chi connectivity index (χ1v) is 12.1. The molecule has 2 heterocycles. The summed E-state index contributed by atoms with van der Waals surface area (Å²) in [6.45, 7) is 0.244. The molecule has 9 heteroatoms. The van der Waals surface area contributed by atoms with Gasteiger partial charge in [-0.1, -0.05) is 18.2 Å². The maximum atomic E-state index is 13.3. The number of amides is 1. The minimum absolute atomic E-state index is 0.0196. The fourth-order valence-electron chi connectivity index (χ4n) is 4.51. The Labute approximate surface area is 185 Å². The van der Waals surface area contributed by atoms with Gasteiger partial charge in [0.25, 0.3) is 0 Å². The third-order valence-corrected chi connectivity index (χ3v) is 8.00. The van der Waals surface area contributed by atoms with Crippen molar-refractivity contribution in [1.82, 2.24) is 14.1 Å². The summed E-state index contributed by atoms with van der Waals surface area (Å²) in [4.78, 5) is 13.3. The Morgan fingerprint density at radius 3 is 2.53 bits per heavy atom. The zero-order chi connectivity index (χ0) is 22.3. The fourth-order valence-corrected chi connectivity index (χ4v) is 6.16. The molecule has 1 saturated heterocycles. The summed E-state index contributed by atoms with van der Waals surface area (Å²) in [5.41, 5.74) is 2.80. The number of halogens is 1. The van der Waals surface area contributed by atoms with E-state index < -0.39 is 21.9 Å². The van der Waals surface area contributed by atoms with Crippen molar-refractivity contribution in [2.75, 3.05) is 11.9 Å². The van der Waals surface area contributed by atoms with Crippen LogP contribution in [0.2, 0.25) is 0 Å². The van der Waals surface area contributed by atoms with Gasteiger partial charge in [0.2, 0.25) is 15.9 Å². The van der Waals surface area contributed by atoms with E-state index >= 15 is 0 Å². The zero-order valence-corrected chi connectivity index (χ0v) is 18.2. The lowest BCUT2D eigenvalue weighted by atomic mass is 10.2. The van der Waals surface area contributed by atoms with Crippen LogP contribution in [0, 0.1) is 5.82 Å². The SMILES string of the molecule is O=C(Nc1c2c(nn1-c1ccccc1)CCC2)C1CCCN1S(=O)(=O)c1ccc(F)cc1. The summed E-state index contributed by atoms with van der Waals surface area (Å²) in [6, 6.07) is 13.4. The van der Waals surface area contributed by atoms with Gasteiger partial charge in [-0.15, -0.1) is 0 Å². The van der Waals surface area contributed by atoms with Gasteiger partial charge < -0.3 is 5.32 Å². The first-order chi connectivity index (χ1) is 15.4. The molecule has 0 spiro atoms. The molecule has 1 N–H and O–H groups in total. The predicted octanol–water partition coefficient (Wildman–Crippen LogP) is 3.29. The number of aromatic nitrogens is 2. The lowest BCUT2D eigenvalue weighted by molar-refractivity contribution is -0.119. The van der Waals surface area contributed by atoms with Gasteiger partial charge in [0.15, 0.2) is 0 Å². The van der Waals surface area contributed by atoms with E-state index in [-0.39, 0.29) is 17.3 Å². The van der Waals surface area contributed by atoms with Crippen LogP contribution in [0.5, 0.6) is 0 Å². The van der Waals surface area contributed by atoms with E-state index in [1.54, 1.807) is 4.68 Å².